The zero-order chi connectivity index (χ0) is 8.27. The van der Waals surface area contributed by atoms with E-state index < -0.39 is 0 Å². The Hall–Kier alpha value is -0.0400. The van der Waals surface area contributed by atoms with Gasteiger partial charge in [0.2, 0.25) is 0 Å². The second-order valence-electron chi connectivity index (χ2n) is 4.19. The second-order valence-corrected chi connectivity index (χ2v) is 4.19. The van der Waals surface area contributed by atoms with Gasteiger partial charge in [0.05, 0.1) is 0 Å². The monoisotopic (exact) mass is 155 g/mol. The Morgan fingerprint density at radius 1 is 1.27 bits per heavy atom. The summed E-state index contributed by atoms with van der Waals surface area (Å²) in [4.78, 5) is 2.61. The Morgan fingerprint density at radius 2 is 2.00 bits per heavy atom. The zero-order valence-corrected chi connectivity index (χ0v) is 8.14. The highest BCUT2D eigenvalue weighted by atomic mass is 15.1. The summed E-state index contributed by atoms with van der Waals surface area (Å²) < 4.78 is 0. The van der Waals surface area contributed by atoms with Crippen molar-refractivity contribution in [3.05, 3.63) is 0 Å². The van der Waals surface area contributed by atoms with E-state index in [1.54, 1.807) is 0 Å². The average molecular weight is 155 g/mol. The lowest BCUT2D eigenvalue weighted by molar-refractivity contribution is 0.208. The molecule has 1 unspecified atom stereocenters. The second kappa shape index (κ2) is 4.10. The molecule has 1 heterocycles. The Labute approximate surface area is 70.8 Å². The van der Waals surface area contributed by atoms with Gasteiger partial charge < -0.3 is 4.90 Å². The third kappa shape index (κ3) is 2.82. The van der Waals surface area contributed by atoms with Crippen molar-refractivity contribution in [2.75, 3.05) is 13.1 Å². The zero-order valence-electron chi connectivity index (χ0n) is 8.14. The lowest BCUT2D eigenvalue weighted by Gasteiger charge is -2.26. The highest BCUT2D eigenvalue weighted by Crippen LogP contribution is 2.16. The molecule has 0 aliphatic carbocycles. The Kier molecular flexibility index (Phi) is 3.38. The molecule has 1 heteroatoms. The quantitative estimate of drug-likeness (QED) is 0.562. The van der Waals surface area contributed by atoms with Crippen LogP contribution in [0, 0.1) is 5.92 Å². The van der Waals surface area contributed by atoms with Crippen molar-refractivity contribution in [3.63, 3.8) is 0 Å². The minimum absolute atomic E-state index is 0.746. The molecule has 1 aliphatic rings. The van der Waals surface area contributed by atoms with Gasteiger partial charge in [-0.15, -0.1) is 0 Å². The summed E-state index contributed by atoms with van der Waals surface area (Å²) in [5, 5.41) is 0. The summed E-state index contributed by atoms with van der Waals surface area (Å²) >= 11 is 0. The lowest BCUT2D eigenvalue weighted by Crippen LogP contribution is -2.33. The van der Waals surface area contributed by atoms with Crippen LogP contribution >= 0.6 is 0 Å². The first-order chi connectivity index (χ1) is 5.20. The molecule has 0 bridgehead atoms. The molecule has 0 spiro atoms. The van der Waals surface area contributed by atoms with E-state index in [2.05, 4.69) is 25.7 Å². The van der Waals surface area contributed by atoms with Gasteiger partial charge in [-0.05, 0) is 39.2 Å². The summed E-state index contributed by atoms with van der Waals surface area (Å²) in [6.45, 7) is 9.62. The predicted octanol–water partition coefficient (Wildman–Crippen LogP) is 2.52. The van der Waals surface area contributed by atoms with Gasteiger partial charge in [-0.1, -0.05) is 13.3 Å². The highest BCUT2D eigenvalue weighted by molar-refractivity contribution is 4.70. The van der Waals surface area contributed by atoms with Crippen molar-refractivity contribution in [1.82, 2.24) is 4.90 Å². The molecular formula is C10H21N. The van der Waals surface area contributed by atoms with Crippen LogP contribution in [0.3, 0.4) is 0 Å². The van der Waals surface area contributed by atoms with Crippen molar-refractivity contribution in [3.8, 4) is 0 Å². The molecule has 0 amide bonds. The lowest BCUT2D eigenvalue weighted by atomic mass is 10.1. The van der Waals surface area contributed by atoms with Gasteiger partial charge in [-0.3, -0.25) is 0 Å². The van der Waals surface area contributed by atoms with E-state index in [4.69, 9.17) is 0 Å². The third-order valence-corrected chi connectivity index (χ3v) is 2.67. The average Bonchev–Trinajstić information content (AvgIpc) is 2.13. The normalized spacial score (nSPS) is 28.9. The number of hydrogen-bond donors (Lipinski definition) is 0. The summed E-state index contributed by atoms with van der Waals surface area (Å²) in [6, 6.07) is 0.746. The van der Waals surface area contributed by atoms with E-state index in [0.717, 1.165) is 12.0 Å². The minimum atomic E-state index is 0.746. The van der Waals surface area contributed by atoms with Gasteiger partial charge in [0.25, 0.3) is 0 Å². The number of nitrogens with zero attached hydrogens (tertiary/aromatic N) is 1. The van der Waals surface area contributed by atoms with Crippen molar-refractivity contribution in [1.29, 1.82) is 0 Å². The fraction of sp³-hybridized carbons (Fsp3) is 1.00. The molecule has 0 aromatic rings. The van der Waals surface area contributed by atoms with Crippen molar-refractivity contribution >= 4 is 0 Å². The molecule has 0 N–H and O–H groups in total. The van der Waals surface area contributed by atoms with Crippen LogP contribution < -0.4 is 0 Å². The molecule has 1 rings (SSSR count). The number of likely N-dealkylation sites (tertiary alicyclic amines) is 1. The van der Waals surface area contributed by atoms with Crippen LogP contribution in [0.25, 0.3) is 0 Å². The fourth-order valence-electron chi connectivity index (χ4n) is 1.86. The van der Waals surface area contributed by atoms with Gasteiger partial charge in [0.1, 0.15) is 0 Å². The first-order valence-corrected chi connectivity index (χ1v) is 4.94. The first-order valence-electron chi connectivity index (χ1n) is 4.94. The minimum Gasteiger partial charge on any atom is -0.301 e. The Morgan fingerprint density at radius 3 is 2.64 bits per heavy atom. The highest BCUT2D eigenvalue weighted by Gasteiger charge is 2.15. The van der Waals surface area contributed by atoms with Crippen LogP contribution in [0.1, 0.15) is 40.0 Å². The largest absolute Gasteiger partial charge is 0.301 e. The SMILES string of the molecule is CC1CCCCN(C(C)C)C1. The molecule has 66 valence electrons. The maximum Gasteiger partial charge on any atom is 0.00387 e. The van der Waals surface area contributed by atoms with Crippen LogP contribution in [0.5, 0.6) is 0 Å². The van der Waals surface area contributed by atoms with Gasteiger partial charge in [-0.2, -0.15) is 0 Å². The molecule has 11 heavy (non-hydrogen) atoms. The van der Waals surface area contributed by atoms with E-state index in [-0.39, 0.29) is 0 Å². The molecule has 0 saturated carbocycles. The van der Waals surface area contributed by atoms with Crippen LogP contribution in [0.15, 0.2) is 0 Å². The maximum absolute atomic E-state index is 2.61. The third-order valence-electron chi connectivity index (χ3n) is 2.67. The Bertz CT molecular complexity index is 109. The smallest absolute Gasteiger partial charge is 0.00387 e. The molecule has 1 saturated heterocycles. The van der Waals surface area contributed by atoms with Gasteiger partial charge in [0.15, 0.2) is 0 Å². The molecule has 0 aromatic carbocycles. The van der Waals surface area contributed by atoms with Crippen LogP contribution in [0.4, 0.5) is 0 Å². The van der Waals surface area contributed by atoms with Gasteiger partial charge >= 0.3 is 0 Å². The molecule has 0 aromatic heterocycles. The molecule has 1 atom stereocenters. The van der Waals surface area contributed by atoms with Crippen molar-refractivity contribution < 1.29 is 0 Å². The molecular weight excluding hydrogens is 134 g/mol. The summed E-state index contributed by atoms with van der Waals surface area (Å²) in [5.74, 6) is 0.917. The summed E-state index contributed by atoms with van der Waals surface area (Å²) in [6.07, 6.45) is 4.27. The van der Waals surface area contributed by atoms with E-state index in [0.29, 0.717) is 0 Å². The fourth-order valence-corrected chi connectivity index (χ4v) is 1.86. The molecule has 1 nitrogen and oxygen atoms in total. The number of rotatable bonds is 1. The summed E-state index contributed by atoms with van der Waals surface area (Å²) in [5.41, 5.74) is 0. The van der Waals surface area contributed by atoms with E-state index in [1.807, 2.05) is 0 Å². The number of hydrogen-bond acceptors (Lipinski definition) is 1. The standard InChI is InChI=1S/C10H21N/c1-9(2)11-7-5-4-6-10(3)8-11/h9-10H,4-8H2,1-3H3. The first kappa shape index (κ1) is 9.05. The van der Waals surface area contributed by atoms with Gasteiger partial charge in [-0.25, -0.2) is 0 Å². The van der Waals surface area contributed by atoms with Gasteiger partial charge in [0, 0.05) is 12.6 Å². The summed E-state index contributed by atoms with van der Waals surface area (Å²) in [7, 11) is 0. The molecule has 1 aliphatic heterocycles. The maximum atomic E-state index is 2.61. The van der Waals surface area contributed by atoms with E-state index >= 15 is 0 Å². The topological polar surface area (TPSA) is 3.24 Å². The Balaban J connectivity index is 2.39. The predicted molar refractivity (Wildman–Crippen MR) is 49.7 cm³/mol. The van der Waals surface area contributed by atoms with Crippen LogP contribution in [-0.2, 0) is 0 Å². The van der Waals surface area contributed by atoms with Crippen LogP contribution in [0.2, 0.25) is 0 Å². The molecule has 0 radical (unpaired) electrons. The van der Waals surface area contributed by atoms with Crippen molar-refractivity contribution in [2.45, 2.75) is 46.1 Å². The van der Waals surface area contributed by atoms with Crippen molar-refractivity contribution in [2.24, 2.45) is 5.92 Å². The van der Waals surface area contributed by atoms with E-state index in [1.165, 1.54) is 32.4 Å². The molecule has 1 fully saturated rings. The van der Waals surface area contributed by atoms with Crippen LogP contribution in [-0.4, -0.2) is 24.0 Å². The van der Waals surface area contributed by atoms with E-state index in [9.17, 15) is 0 Å².